The molecular weight excluding hydrogens is 588 g/mol. The van der Waals surface area contributed by atoms with Crippen molar-refractivity contribution in [1.29, 1.82) is 0 Å². The number of hydrogen-bond donors (Lipinski definition) is 2. The van der Waals surface area contributed by atoms with E-state index in [9.17, 15) is 13.6 Å². The highest BCUT2D eigenvalue weighted by molar-refractivity contribution is 7.21. The van der Waals surface area contributed by atoms with Crippen LogP contribution in [0.1, 0.15) is 41.9 Å². The van der Waals surface area contributed by atoms with Crippen LogP contribution < -0.4 is 15.4 Å². The van der Waals surface area contributed by atoms with Crippen LogP contribution >= 0.6 is 22.9 Å². The summed E-state index contributed by atoms with van der Waals surface area (Å²) in [5.74, 6) is 0.423. The number of carbonyl (C=O) groups is 1. The van der Waals surface area contributed by atoms with Crippen molar-refractivity contribution in [2.75, 3.05) is 44.8 Å². The molecule has 5 heterocycles. The van der Waals surface area contributed by atoms with Crippen LogP contribution in [0, 0.1) is 0 Å². The number of fused-ring (bicyclic) bond motifs is 5. The lowest BCUT2D eigenvalue weighted by atomic mass is 10.1. The molecule has 4 aromatic rings. The third kappa shape index (κ3) is 6.69. The lowest BCUT2D eigenvalue weighted by molar-refractivity contribution is -0.0206. The highest BCUT2D eigenvalue weighted by Crippen LogP contribution is 2.40. The number of hydrogen-bond acceptors (Lipinski definition) is 10. The van der Waals surface area contributed by atoms with Crippen LogP contribution in [-0.4, -0.2) is 82.5 Å². The summed E-state index contributed by atoms with van der Waals surface area (Å²) >= 11 is 7.51. The van der Waals surface area contributed by atoms with E-state index in [2.05, 4.69) is 35.5 Å². The number of alkyl halides is 2. The van der Waals surface area contributed by atoms with Gasteiger partial charge in [0, 0.05) is 54.6 Å². The Kier molecular flexibility index (Phi) is 9.93. The van der Waals surface area contributed by atoms with Crippen molar-refractivity contribution in [3.63, 3.8) is 0 Å². The number of rotatable bonds is 8. The smallest absolute Gasteiger partial charge is 0.263 e. The molecule has 42 heavy (non-hydrogen) atoms. The minimum Gasteiger partial charge on any atom is -0.418 e. The van der Waals surface area contributed by atoms with E-state index in [0.29, 0.717) is 61.5 Å². The Morgan fingerprint density at radius 3 is 2.71 bits per heavy atom. The molecule has 3 aromatic heterocycles. The Labute approximate surface area is 250 Å². The largest absolute Gasteiger partial charge is 0.418 e. The van der Waals surface area contributed by atoms with Gasteiger partial charge in [-0.15, -0.1) is 11.3 Å². The normalized spacial score (nSPS) is 16.6. The van der Waals surface area contributed by atoms with E-state index < -0.39 is 12.8 Å². The number of aromatic nitrogens is 4. The molecule has 14 heteroatoms. The van der Waals surface area contributed by atoms with Gasteiger partial charge in [0.25, 0.3) is 5.91 Å². The topological polar surface area (TPSA) is 114 Å². The van der Waals surface area contributed by atoms with Crippen LogP contribution in [-0.2, 0) is 11.3 Å². The van der Waals surface area contributed by atoms with Crippen molar-refractivity contribution in [3.8, 4) is 11.8 Å². The maximum atomic E-state index is 13.2. The molecule has 1 atom stereocenters. The van der Waals surface area contributed by atoms with Crippen molar-refractivity contribution < 1.29 is 23.0 Å². The second-order valence-corrected chi connectivity index (χ2v) is 11.0. The molecule has 2 aliphatic rings. The Bertz CT molecular complexity index is 1550. The fourth-order valence-corrected chi connectivity index (χ4v) is 6.12. The van der Waals surface area contributed by atoms with Crippen molar-refractivity contribution in [1.82, 2.24) is 30.2 Å². The Morgan fingerprint density at radius 1 is 1.14 bits per heavy atom. The molecule has 0 saturated carbocycles. The number of thiophene rings is 1. The monoisotopic (exact) mass is 619 g/mol. The summed E-state index contributed by atoms with van der Waals surface area (Å²) in [6.45, 7) is 5.84. The highest BCUT2D eigenvalue weighted by Gasteiger charge is 2.25. The standard InChI is InChI=1S/C26H26ClF2N7O3S.C2H6/c27-26-33-10-14(12-36-7-3-16(4-8-36)38-13-15(29)9-28)25(35-26)39-19-11-32-21-17(34-19)1-2-18-20(21)22-23(40-18)24(37)31-6-5-30-22;1-2/h1-2,10-11,15-16,30H,3-9,12-13H2,(H,31,37);1-2H3. The second-order valence-electron chi connectivity index (χ2n) is 9.64. The Morgan fingerprint density at radius 2 is 1.93 bits per heavy atom. The molecule has 0 radical (unpaired) electrons. The van der Waals surface area contributed by atoms with Crippen molar-refractivity contribution in [2.24, 2.45) is 0 Å². The first-order chi connectivity index (χ1) is 20.5. The number of benzene rings is 1. The van der Waals surface area contributed by atoms with Crippen LogP contribution in [0.25, 0.3) is 21.1 Å². The van der Waals surface area contributed by atoms with Gasteiger partial charge < -0.3 is 20.1 Å². The summed E-state index contributed by atoms with van der Waals surface area (Å²) in [5, 5.41) is 7.14. The third-order valence-corrected chi connectivity index (χ3v) is 8.20. The van der Waals surface area contributed by atoms with Crippen LogP contribution in [0.2, 0.25) is 5.28 Å². The number of carbonyl (C=O) groups excluding carboxylic acids is 1. The minimum absolute atomic E-state index is 0.0419. The lowest BCUT2D eigenvalue weighted by Crippen LogP contribution is -2.37. The van der Waals surface area contributed by atoms with Crippen LogP contribution in [0.3, 0.4) is 0 Å². The van der Waals surface area contributed by atoms with Gasteiger partial charge in [-0.25, -0.2) is 23.7 Å². The number of halogens is 3. The summed E-state index contributed by atoms with van der Waals surface area (Å²) in [6.07, 6.45) is 2.89. The second kappa shape index (κ2) is 13.8. The molecule has 1 saturated heterocycles. The van der Waals surface area contributed by atoms with Gasteiger partial charge in [-0.05, 0) is 36.6 Å². The van der Waals surface area contributed by atoms with Crippen LogP contribution in [0.4, 0.5) is 14.5 Å². The van der Waals surface area contributed by atoms with Gasteiger partial charge in [-0.1, -0.05) is 13.8 Å². The van der Waals surface area contributed by atoms with Crippen LogP contribution in [0.15, 0.2) is 24.5 Å². The molecule has 1 aromatic carbocycles. The molecule has 0 bridgehead atoms. The van der Waals surface area contributed by atoms with Crippen molar-refractivity contribution in [3.05, 3.63) is 40.3 Å². The Balaban J connectivity index is 0.00000173. The van der Waals surface area contributed by atoms with Gasteiger partial charge >= 0.3 is 0 Å². The molecule has 2 N–H and O–H groups in total. The molecule has 10 nitrogen and oxygen atoms in total. The predicted octanol–water partition coefficient (Wildman–Crippen LogP) is 5.55. The SMILES string of the molecule is CC.O=C1NCCNc2c1sc1ccc3nc(Oc4nc(Cl)ncc4CN4CCC(OCC(F)CF)CC4)cnc3c21. The van der Waals surface area contributed by atoms with Gasteiger partial charge in [-0.3, -0.25) is 9.69 Å². The average Bonchev–Trinajstić information content (AvgIpc) is 3.30. The first kappa shape index (κ1) is 30.2. The van der Waals surface area contributed by atoms with Crippen molar-refractivity contribution >= 4 is 55.7 Å². The van der Waals surface area contributed by atoms with E-state index in [1.54, 1.807) is 6.20 Å². The average molecular weight is 620 g/mol. The number of anilines is 1. The highest BCUT2D eigenvalue weighted by atomic mass is 35.5. The van der Waals surface area contributed by atoms with E-state index in [-0.39, 0.29) is 35.7 Å². The maximum absolute atomic E-state index is 13.2. The molecule has 1 unspecified atom stereocenters. The van der Waals surface area contributed by atoms with Gasteiger partial charge in [0.1, 0.15) is 11.6 Å². The van der Waals surface area contributed by atoms with E-state index in [1.807, 2.05) is 26.0 Å². The molecule has 6 rings (SSSR count). The van der Waals surface area contributed by atoms with E-state index in [1.165, 1.54) is 17.5 Å². The molecule has 1 amide bonds. The first-order valence-electron chi connectivity index (χ1n) is 14.0. The minimum atomic E-state index is -1.58. The number of piperidine rings is 1. The van der Waals surface area contributed by atoms with Crippen LogP contribution in [0.5, 0.6) is 11.8 Å². The zero-order chi connectivity index (χ0) is 29.6. The van der Waals surface area contributed by atoms with Gasteiger partial charge in [0.2, 0.25) is 17.0 Å². The summed E-state index contributed by atoms with van der Waals surface area (Å²) < 4.78 is 38.0. The van der Waals surface area contributed by atoms with Crippen molar-refractivity contribution in [2.45, 2.75) is 45.5 Å². The zero-order valence-corrected chi connectivity index (χ0v) is 24.9. The van der Waals surface area contributed by atoms with Gasteiger partial charge in [0.05, 0.1) is 35.6 Å². The summed E-state index contributed by atoms with van der Waals surface area (Å²) in [5.41, 5.74) is 2.78. The molecule has 2 aliphatic heterocycles. The molecule has 224 valence electrons. The molecule has 0 spiro atoms. The third-order valence-electron chi connectivity index (χ3n) is 6.87. The number of nitrogens with zero attached hydrogens (tertiary/aromatic N) is 5. The quantitative estimate of drug-likeness (QED) is 0.245. The lowest BCUT2D eigenvalue weighted by Gasteiger charge is -2.32. The number of nitrogens with one attached hydrogen (secondary N) is 2. The number of likely N-dealkylation sites (tertiary alicyclic amines) is 1. The Hall–Kier alpha value is -3.26. The van der Waals surface area contributed by atoms with Gasteiger partial charge in [-0.2, -0.15) is 4.98 Å². The van der Waals surface area contributed by atoms with E-state index in [4.69, 9.17) is 21.1 Å². The number of amides is 1. The molecular formula is C28H32ClF2N7O3S. The summed E-state index contributed by atoms with van der Waals surface area (Å²) in [6, 6.07) is 3.78. The molecule has 0 aliphatic carbocycles. The fraction of sp³-hybridized carbons (Fsp3) is 0.464. The predicted molar refractivity (Wildman–Crippen MR) is 159 cm³/mol. The summed E-state index contributed by atoms with van der Waals surface area (Å²) in [7, 11) is 0. The fourth-order valence-electron chi connectivity index (χ4n) is 4.90. The van der Waals surface area contributed by atoms with E-state index >= 15 is 0 Å². The number of ether oxygens (including phenoxy) is 2. The van der Waals surface area contributed by atoms with E-state index in [0.717, 1.165) is 21.3 Å². The maximum Gasteiger partial charge on any atom is 0.263 e. The first-order valence-corrected chi connectivity index (χ1v) is 15.2. The summed E-state index contributed by atoms with van der Waals surface area (Å²) in [4.78, 5) is 33.0. The molecule has 1 fully saturated rings. The zero-order valence-electron chi connectivity index (χ0n) is 23.3. The van der Waals surface area contributed by atoms with Gasteiger partial charge in [0.15, 0.2) is 6.17 Å².